The predicted octanol–water partition coefficient (Wildman–Crippen LogP) is 3.39. The van der Waals surface area contributed by atoms with Crippen molar-refractivity contribution in [3.8, 4) is 0 Å². The topological polar surface area (TPSA) is 20.2 Å². The van der Waals surface area contributed by atoms with Crippen molar-refractivity contribution in [1.82, 2.24) is 0 Å². The summed E-state index contributed by atoms with van der Waals surface area (Å²) in [6, 6.07) is 0. The molecule has 1 spiro atoms. The zero-order valence-electron chi connectivity index (χ0n) is 10.8. The summed E-state index contributed by atoms with van der Waals surface area (Å²) in [7, 11) is 0. The van der Waals surface area contributed by atoms with Gasteiger partial charge in [0.2, 0.25) is 0 Å². The van der Waals surface area contributed by atoms with Crippen molar-refractivity contribution in [2.75, 3.05) is 0 Å². The SMILES string of the molecule is C=C1[C@@H](O)C[C@@]23C[C@@H]1C(C)(C)C2CC[C@H]3C. The lowest BCUT2D eigenvalue weighted by Gasteiger charge is -2.40. The predicted molar refractivity (Wildman–Crippen MR) is 66.0 cm³/mol. The number of hydrogen-bond acceptors (Lipinski definition) is 1. The Bertz CT molecular complexity index is 343. The molecule has 1 unspecified atom stereocenters. The lowest BCUT2D eigenvalue weighted by atomic mass is 9.66. The van der Waals surface area contributed by atoms with E-state index >= 15 is 0 Å². The van der Waals surface area contributed by atoms with E-state index in [9.17, 15) is 5.11 Å². The van der Waals surface area contributed by atoms with Gasteiger partial charge in [0.25, 0.3) is 0 Å². The van der Waals surface area contributed by atoms with Crippen LogP contribution < -0.4 is 0 Å². The highest BCUT2D eigenvalue weighted by atomic mass is 16.3. The molecule has 3 aliphatic rings. The van der Waals surface area contributed by atoms with Crippen LogP contribution in [0.5, 0.6) is 0 Å². The van der Waals surface area contributed by atoms with Crippen LogP contribution in [0.1, 0.15) is 46.5 Å². The van der Waals surface area contributed by atoms with Gasteiger partial charge < -0.3 is 5.11 Å². The lowest BCUT2D eigenvalue weighted by molar-refractivity contribution is 0.0530. The molecule has 0 heterocycles. The normalized spacial score (nSPS) is 54.1. The van der Waals surface area contributed by atoms with E-state index < -0.39 is 0 Å². The highest BCUT2D eigenvalue weighted by Crippen LogP contribution is 2.72. The Labute approximate surface area is 98.9 Å². The molecule has 1 heteroatoms. The first-order valence-corrected chi connectivity index (χ1v) is 6.76. The summed E-state index contributed by atoms with van der Waals surface area (Å²) in [5.74, 6) is 2.17. The maximum absolute atomic E-state index is 10.3. The zero-order chi connectivity index (χ0) is 11.7. The van der Waals surface area contributed by atoms with Crippen molar-refractivity contribution in [1.29, 1.82) is 0 Å². The summed E-state index contributed by atoms with van der Waals surface area (Å²) < 4.78 is 0. The van der Waals surface area contributed by atoms with Crippen molar-refractivity contribution >= 4 is 0 Å². The number of aliphatic hydroxyl groups is 1. The van der Waals surface area contributed by atoms with Gasteiger partial charge in [-0.3, -0.25) is 0 Å². The van der Waals surface area contributed by atoms with Crippen molar-refractivity contribution in [3.63, 3.8) is 0 Å². The molecular formula is C15H24O. The Hall–Kier alpha value is -0.300. The molecule has 3 saturated carbocycles. The summed E-state index contributed by atoms with van der Waals surface area (Å²) in [5.41, 5.74) is 1.92. The van der Waals surface area contributed by atoms with Gasteiger partial charge in [-0.2, -0.15) is 0 Å². The molecule has 3 fully saturated rings. The van der Waals surface area contributed by atoms with E-state index in [1.165, 1.54) is 19.3 Å². The molecule has 3 aliphatic carbocycles. The van der Waals surface area contributed by atoms with Gasteiger partial charge in [0.1, 0.15) is 0 Å². The zero-order valence-corrected chi connectivity index (χ0v) is 10.8. The van der Waals surface area contributed by atoms with Gasteiger partial charge in [0.05, 0.1) is 6.10 Å². The van der Waals surface area contributed by atoms with Crippen LogP contribution in [0.4, 0.5) is 0 Å². The molecule has 2 bridgehead atoms. The Kier molecular flexibility index (Phi) is 1.98. The van der Waals surface area contributed by atoms with Crippen LogP contribution in [-0.4, -0.2) is 11.2 Å². The summed E-state index contributed by atoms with van der Waals surface area (Å²) >= 11 is 0. The van der Waals surface area contributed by atoms with Crippen LogP contribution in [0.2, 0.25) is 0 Å². The van der Waals surface area contributed by atoms with Crippen molar-refractivity contribution in [3.05, 3.63) is 12.2 Å². The standard InChI is InChI=1S/C15H24O/c1-9-5-6-13-14(3,4)11-7-15(9,13)8-12(16)10(11)2/h9,11-13,16H,2,5-8H2,1,3-4H3/t9-,11+,12+,13?,15-/m1/s1. The van der Waals surface area contributed by atoms with E-state index in [1.807, 2.05) is 0 Å². The van der Waals surface area contributed by atoms with Gasteiger partial charge in [-0.25, -0.2) is 0 Å². The highest BCUT2D eigenvalue weighted by molar-refractivity contribution is 5.26. The summed E-state index contributed by atoms with van der Waals surface area (Å²) in [6.07, 6.45) is 4.77. The number of aliphatic hydroxyl groups excluding tert-OH is 1. The first-order valence-electron chi connectivity index (χ1n) is 6.76. The highest BCUT2D eigenvalue weighted by Gasteiger charge is 2.65. The summed E-state index contributed by atoms with van der Waals surface area (Å²) in [5, 5.41) is 10.3. The van der Waals surface area contributed by atoms with E-state index in [0.717, 1.165) is 23.8 Å². The second-order valence-electron chi connectivity index (χ2n) is 7.14. The molecule has 1 nitrogen and oxygen atoms in total. The Morgan fingerprint density at radius 2 is 1.94 bits per heavy atom. The van der Waals surface area contributed by atoms with Crippen molar-refractivity contribution in [2.45, 2.75) is 52.6 Å². The number of fused-ring (bicyclic) bond motifs is 1. The third-order valence-corrected chi connectivity index (χ3v) is 6.39. The Morgan fingerprint density at radius 3 is 2.62 bits per heavy atom. The molecule has 1 N–H and O–H groups in total. The van der Waals surface area contributed by atoms with E-state index in [4.69, 9.17) is 0 Å². The summed E-state index contributed by atoms with van der Waals surface area (Å²) in [6.45, 7) is 11.4. The second-order valence-corrected chi connectivity index (χ2v) is 7.14. The quantitative estimate of drug-likeness (QED) is 0.620. The minimum atomic E-state index is -0.233. The molecule has 0 aromatic carbocycles. The molecule has 0 aliphatic heterocycles. The van der Waals surface area contributed by atoms with E-state index in [2.05, 4.69) is 27.4 Å². The molecule has 16 heavy (non-hydrogen) atoms. The molecule has 0 amide bonds. The van der Waals surface area contributed by atoms with Gasteiger partial charge in [-0.05, 0) is 59.8 Å². The van der Waals surface area contributed by atoms with Crippen LogP contribution >= 0.6 is 0 Å². The van der Waals surface area contributed by atoms with Crippen LogP contribution in [-0.2, 0) is 0 Å². The molecule has 5 atom stereocenters. The molecule has 90 valence electrons. The number of rotatable bonds is 0. The molecule has 0 saturated heterocycles. The van der Waals surface area contributed by atoms with Gasteiger partial charge in [0, 0.05) is 0 Å². The van der Waals surface area contributed by atoms with Crippen LogP contribution in [0.15, 0.2) is 12.2 Å². The van der Waals surface area contributed by atoms with E-state index in [0.29, 0.717) is 16.7 Å². The van der Waals surface area contributed by atoms with Gasteiger partial charge in [-0.1, -0.05) is 27.4 Å². The van der Waals surface area contributed by atoms with Gasteiger partial charge in [-0.15, -0.1) is 0 Å². The third-order valence-electron chi connectivity index (χ3n) is 6.39. The average molecular weight is 220 g/mol. The summed E-state index contributed by atoms with van der Waals surface area (Å²) in [4.78, 5) is 0. The van der Waals surface area contributed by atoms with Crippen LogP contribution in [0, 0.1) is 28.6 Å². The Morgan fingerprint density at radius 1 is 1.25 bits per heavy atom. The average Bonchev–Trinajstić information content (AvgIpc) is 2.59. The van der Waals surface area contributed by atoms with Crippen molar-refractivity contribution in [2.24, 2.45) is 28.6 Å². The third kappa shape index (κ3) is 1.01. The van der Waals surface area contributed by atoms with Crippen LogP contribution in [0.25, 0.3) is 0 Å². The Balaban J connectivity index is 2.10. The molecule has 0 aromatic rings. The van der Waals surface area contributed by atoms with Crippen molar-refractivity contribution < 1.29 is 5.11 Å². The van der Waals surface area contributed by atoms with Gasteiger partial charge in [0.15, 0.2) is 0 Å². The fraction of sp³-hybridized carbons (Fsp3) is 0.867. The molecule has 3 rings (SSSR count). The van der Waals surface area contributed by atoms with Gasteiger partial charge >= 0.3 is 0 Å². The maximum atomic E-state index is 10.3. The second kappa shape index (κ2) is 2.93. The smallest absolute Gasteiger partial charge is 0.0755 e. The van der Waals surface area contributed by atoms with E-state index in [1.54, 1.807) is 0 Å². The first kappa shape index (κ1) is 10.8. The monoisotopic (exact) mass is 220 g/mol. The molecule has 0 aromatic heterocycles. The fourth-order valence-corrected chi connectivity index (χ4v) is 5.44. The first-order chi connectivity index (χ1) is 7.39. The lowest BCUT2D eigenvalue weighted by Crippen LogP contribution is -2.36. The minimum absolute atomic E-state index is 0.233. The molecular weight excluding hydrogens is 196 g/mol. The minimum Gasteiger partial charge on any atom is -0.389 e. The van der Waals surface area contributed by atoms with E-state index in [-0.39, 0.29) is 6.10 Å². The van der Waals surface area contributed by atoms with Crippen LogP contribution in [0.3, 0.4) is 0 Å². The fourth-order valence-electron chi connectivity index (χ4n) is 5.44. The number of hydrogen-bond donors (Lipinski definition) is 1. The molecule has 0 radical (unpaired) electrons. The largest absolute Gasteiger partial charge is 0.389 e. The maximum Gasteiger partial charge on any atom is 0.0755 e.